The molecule has 0 radical (unpaired) electrons. The van der Waals surface area contributed by atoms with Crippen LogP contribution in [0.15, 0.2) is 0 Å². The predicted molar refractivity (Wildman–Crippen MR) is 100 cm³/mol. The molecule has 0 aromatic rings. The van der Waals surface area contributed by atoms with Gasteiger partial charge in [0.05, 0.1) is 0 Å². The van der Waals surface area contributed by atoms with E-state index in [2.05, 4.69) is 20.8 Å². The first-order valence-corrected chi connectivity index (χ1v) is 12.2. The minimum atomic E-state index is -0.823. The van der Waals surface area contributed by atoms with E-state index < -0.39 is 14.1 Å². The summed E-state index contributed by atoms with van der Waals surface area (Å²) in [6.45, 7) is 8.30. The zero-order valence-corrected chi connectivity index (χ0v) is 16.8. The van der Waals surface area contributed by atoms with Gasteiger partial charge in [0.15, 0.2) is 0 Å². The summed E-state index contributed by atoms with van der Waals surface area (Å²) in [4.78, 5) is 0. The second kappa shape index (κ2) is 6.80. The molecule has 0 spiro atoms. The van der Waals surface area contributed by atoms with Gasteiger partial charge in [-0.2, -0.15) is 0 Å². The fourth-order valence-electron chi connectivity index (χ4n) is 7.47. The van der Waals surface area contributed by atoms with Crippen molar-refractivity contribution < 1.29 is 0 Å². The largest absolute Gasteiger partial charge is 0.282 e. The van der Waals surface area contributed by atoms with Crippen LogP contribution in [0.5, 0.6) is 0 Å². The highest BCUT2D eigenvalue weighted by Gasteiger charge is 2.58. The second-order valence-corrected chi connectivity index (χ2v) is 15.1. The monoisotopic (exact) mass is 318 g/mol. The Morgan fingerprint density at radius 3 is 0.864 bits per heavy atom. The van der Waals surface area contributed by atoms with Crippen LogP contribution in [-0.4, -0.2) is 14.1 Å². The molecule has 0 aliphatic heterocycles. The van der Waals surface area contributed by atoms with E-state index in [4.69, 9.17) is 0 Å². The zero-order chi connectivity index (χ0) is 15.7. The molecule has 0 atom stereocenters. The summed E-state index contributed by atoms with van der Waals surface area (Å²) in [6, 6.07) is 0. The van der Waals surface area contributed by atoms with E-state index in [9.17, 15) is 0 Å². The van der Waals surface area contributed by atoms with Crippen LogP contribution in [-0.2, 0) is 0 Å². The lowest BCUT2D eigenvalue weighted by Gasteiger charge is -2.56. The van der Waals surface area contributed by atoms with Crippen LogP contribution in [0.3, 0.4) is 0 Å². The summed E-state index contributed by atoms with van der Waals surface area (Å²) in [5, 5.41) is 0. The van der Waals surface area contributed by atoms with Gasteiger partial charge in [0, 0.05) is 0 Å². The Morgan fingerprint density at radius 2 is 0.636 bits per heavy atom. The molecule has 3 rings (SSSR count). The van der Waals surface area contributed by atoms with Crippen molar-refractivity contribution in [2.45, 2.75) is 130 Å². The molecular weight excluding hydrogens is 279 g/mol. The molecule has 1 heteroatoms. The van der Waals surface area contributed by atoms with Crippen molar-refractivity contribution in [3.8, 4) is 0 Å². The third-order valence-electron chi connectivity index (χ3n) is 8.08. The van der Waals surface area contributed by atoms with E-state index in [-0.39, 0.29) is 0 Å². The van der Waals surface area contributed by atoms with Gasteiger partial charge < -0.3 is 0 Å². The molecule has 3 aliphatic rings. The Morgan fingerprint density at radius 1 is 0.409 bits per heavy atom. The first-order valence-electron chi connectivity index (χ1n) is 10.5. The van der Waals surface area contributed by atoms with E-state index in [0.29, 0.717) is 0 Å². The van der Waals surface area contributed by atoms with Gasteiger partial charge in [-0.15, -0.1) is 0 Å². The number of hydrogen-bond acceptors (Lipinski definition) is 0. The molecular formula is C21H39Al. The Hall–Kier alpha value is 0.532. The van der Waals surface area contributed by atoms with E-state index >= 15 is 0 Å². The Balaban J connectivity index is 1.93. The molecule has 3 aliphatic carbocycles. The van der Waals surface area contributed by atoms with Crippen LogP contribution in [0.1, 0.15) is 117 Å². The van der Waals surface area contributed by atoms with Crippen molar-refractivity contribution >= 4 is 14.1 Å². The maximum atomic E-state index is 2.77. The minimum absolute atomic E-state index is 0.774. The van der Waals surface area contributed by atoms with Crippen LogP contribution < -0.4 is 0 Å². The molecule has 0 aromatic heterocycles. The average Bonchev–Trinajstić information content (AvgIpc) is 2.48. The third kappa shape index (κ3) is 3.33. The summed E-state index contributed by atoms with van der Waals surface area (Å²) in [5.41, 5.74) is 0. The summed E-state index contributed by atoms with van der Waals surface area (Å²) in [5.74, 6) is 0. The highest BCUT2D eigenvalue weighted by molar-refractivity contribution is 6.68. The summed E-state index contributed by atoms with van der Waals surface area (Å²) >= 11 is -0.823. The lowest BCUT2D eigenvalue weighted by molar-refractivity contribution is 0.299. The van der Waals surface area contributed by atoms with Gasteiger partial charge in [0.1, 0.15) is 0 Å². The van der Waals surface area contributed by atoms with Crippen molar-refractivity contribution in [1.29, 1.82) is 0 Å². The fourth-order valence-corrected chi connectivity index (χ4v) is 15.5. The van der Waals surface area contributed by atoms with E-state index in [1.807, 2.05) is 0 Å². The lowest BCUT2D eigenvalue weighted by atomic mass is 9.86. The standard InChI is InChI=1S/3C7H13.Al/c3*1-7-5-3-2-4-6-7;/h3*2-6H2,1H3;. The van der Waals surface area contributed by atoms with Gasteiger partial charge >= 0.3 is 0 Å². The van der Waals surface area contributed by atoms with Crippen molar-refractivity contribution in [3.63, 3.8) is 0 Å². The summed E-state index contributed by atoms with van der Waals surface area (Å²) in [6.07, 6.45) is 23.2. The molecule has 0 nitrogen and oxygen atoms in total. The molecule has 0 amide bonds. The van der Waals surface area contributed by atoms with Crippen LogP contribution in [0.2, 0.25) is 12.8 Å². The summed E-state index contributed by atoms with van der Waals surface area (Å²) < 4.78 is 2.32. The molecule has 0 saturated heterocycles. The van der Waals surface area contributed by atoms with Crippen LogP contribution >= 0.6 is 0 Å². The minimum Gasteiger partial charge on any atom is -0.0725 e. The molecule has 0 N–H and O–H groups in total. The number of rotatable bonds is 3. The van der Waals surface area contributed by atoms with E-state index in [1.54, 1.807) is 38.5 Å². The molecule has 0 aromatic carbocycles. The quantitative estimate of drug-likeness (QED) is 0.469. The molecule has 3 saturated carbocycles. The zero-order valence-electron chi connectivity index (χ0n) is 15.7. The lowest BCUT2D eigenvalue weighted by Crippen LogP contribution is -2.51. The highest BCUT2D eigenvalue weighted by atomic mass is 27.2. The Bertz CT molecular complexity index is 297. The fraction of sp³-hybridized carbons (Fsp3) is 1.00. The predicted octanol–water partition coefficient (Wildman–Crippen LogP) is 7.65. The first-order chi connectivity index (χ1) is 10.5. The second-order valence-electron chi connectivity index (χ2n) is 10.1. The maximum Gasteiger partial charge on any atom is 0.282 e. The average molecular weight is 319 g/mol. The van der Waals surface area contributed by atoms with Gasteiger partial charge in [0.25, 0.3) is 14.1 Å². The normalized spacial score (nSPS) is 30.7. The Kier molecular flexibility index (Phi) is 5.37. The van der Waals surface area contributed by atoms with Crippen molar-refractivity contribution in [2.75, 3.05) is 0 Å². The molecule has 0 heterocycles. The van der Waals surface area contributed by atoms with Crippen molar-refractivity contribution in [3.05, 3.63) is 0 Å². The highest BCUT2D eigenvalue weighted by Crippen LogP contribution is 2.66. The van der Waals surface area contributed by atoms with Crippen molar-refractivity contribution in [2.24, 2.45) is 0 Å². The third-order valence-corrected chi connectivity index (χ3v) is 14.0. The van der Waals surface area contributed by atoms with E-state index in [0.717, 1.165) is 12.8 Å². The molecule has 0 unspecified atom stereocenters. The van der Waals surface area contributed by atoms with Crippen LogP contribution in [0.25, 0.3) is 0 Å². The van der Waals surface area contributed by atoms with E-state index in [1.165, 1.54) is 57.8 Å². The van der Waals surface area contributed by atoms with Gasteiger partial charge in [-0.25, -0.2) is 0 Å². The Labute approximate surface area is 144 Å². The smallest absolute Gasteiger partial charge is 0.0725 e. The van der Waals surface area contributed by atoms with Crippen LogP contribution in [0.4, 0.5) is 0 Å². The first kappa shape index (κ1) is 17.4. The maximum absolute atomic E-state index is 2.77. The van der Waals surface area contributed by atoms with Crippen molar-refractivity contribution in [1.82, 2.24) is 0 Å². The van der Waals surface area contributed by atoms with Gasteiger partial charge in [-0.3, -0.25) is 0 Å². The van der Waals surface area contributed by atoms with Crippen LogP contribution in [0, 0.1) is 0 Å². The van der Waals surface area contributed by atoms with Gasteiger partial charge in [-0.1, -0.05) is 130 Å². The number of hydrogen-bond donors (Lipinski definition) is 0. The molecule has 3 fully saturated rings. The molecule has 126 valence electrons. The molecule has 0 bridgehead atoms. The SMILES string of the molecule is C[C]1([Al]([C]2(C)CCCCC2)[C]2(C)CCCCC2)CCCCC1. The van der Waals surface area contributed by atoms with Gasteiger partial charge in [0.2, 0.25) is 0 Å². The van der Waals surface area contributed by atoms with Gasteiger partial charge in [-0.05, 0) is 0 Å². The summed E-state index contributed by atoms with van der Waals surface area (Å²) in [7, 11) is 0. The molecule has 22 heavy (non-hydrogen) atoms. The topological polar surface area (TPSA) is 0 Å².